The number of hydrogen-bond donors (Lipinski definition) is 2. The van der Waals surface area contributed by atoms with E-state index in [9.17, 15) is 18.3 Å². The molecule has 35 heavy (non-hydrogen) atoms. The lowest BCUT2D eigenvalue weighted by Gasteiger charge is -2.22. The maximum Gasteiger partial charge on any atom is 0.274 e. The lowest BCUT2D eigenvalue weighted by molar-refractivity contribution is 0.175. The zero-order valence-electron chi connectivity index (χ0n) is 20.7. The van der Waals surface area contributed by atoms with Crippen molar-refractivity contribution in [3.8, 4) is 17.0 Å². The lowest BCUT2D eigenvalue weighted by atomic mass is 10.1. The smallest absolute Gasteiger partial charge is 0.274 e. The molecule has 10 nitrogen and oxygen atoms in total. The van der Waals surface area contributed by atoms with Crippen LogP contribution in [0.5, 0.6) is 5.75 Å². The first-order chi connectivity index (χ1) is 16.8. The largest absolute Gasteiger partial charge is 0.493 e. The summed E-state index contributed by atoms with van der Waals surface area (Å²) in [5, 5.41) is 14.5. The molecular formula is C24H34N4O6S. The SMILES string of the molecule is CCCc1nn(C)c2c(=O)[nH]c(-c3cc(S(=O)(=O)N(CCCO)CCOC)ccc3OCC)cc12. The van der Waals surface area contributed by atoms with Gasteiger partial charge in [-0.3, -0.25) is 9.48 Å². The monoisotopic (exact) mass is 506 g/mol. The minimum Gasteiger partial charge on any atom is -0.493 e. The summed E-state index contributed by atoms with van der Waals surface area (Å²) in [4.78, 5) is 15.9. The Morgan fingerprint density at radius 3 is 2.63 bits per heavy atom. The Labute approximate surface area is 205 Å². The van der Waals surface area contributed by atoms with E-state index in [1.807, 2.05) is 19.9 Å². The number of aromatic amines is 1. The second-order valence-electron chi connectivity index (χ2n) is 8.16. The number of H-pyrrole nitrogens is 1. The number of benzene rings is 1. The van der Waals surface area contributed by atoms with Gasteiger partial charge >= 0.3 is 0 Å². The number of aryl methyl sites for hydroxylation is 2. The maximum atomic E-state index is 13.5. The fourth-order valence-electron chi connectivity index (χ4n) is 4.05. The Morgan fingerprint density at radius 2 is 1.97 bits per heavy atom. The molecular weight excluding hydrogens is 472 g/mol. The predicted molar refractivity (Wildman–Crippen MR) is 134 cm³/mol. The van der Waals surface area contributed by atoms with E-state index >= 15 is 0 Å². The average Bonchev–Trinajstić information content (AvgIpc) is 3.15. The molecule has 11 heteroatoms. The van der Waals surface area contributed by atoms with Crippen LogP contribution < -0.4 is 10.3 Å². The summed E-state index contributed by atoms with van der Waals surface area (Å²) in [5.41, 5.74) is 1.89. The van der Waals surface area contributed by atoms with E-state index in [0.29, 0.717) is 42.0 Å². The average molecular weight is 507 g/mol. The van der Waals surface area contributed by atoms with Crippen LogP contribution in [-0.2, 0) is 28.2 Å². The van der Waals surface area contributed by atoms with Crippen molar-refractivity contribution in [3.63, 3.8) is 0 Å². The lowest BCUT2D eigenvalue weighted by Crippen LogP contribution is -2.35. The van der Waals surface area contributed by atoms with Gasteiger partial charge in [-0.2, -0.15) is 9.40 Å². The van der Waals surface area contributed by atoms with Gasteiger partial charge in [0.2, 0.25) is 10.0 Å². The summed E-state index contributed by atoms with van der Waals surface area (Å²) in [6.45, 7) is 4.66. The van der Waals surface area contributed by atoms with E-state index < -0.39 is 10.0 Å². The molecule has 0 saturated heterocycles. The molecule has 0 fully saturated rings. The van der Waals surface area contributed by atoms with Gasteiger partial charge in [0.1, 0.15) is 11.3 Å². The van der Waals surface area contributed by atoms with Crippen LogP contribution in [0.25, 0.3) is 22.2 Å². The van der Waals surface area contributed by atoms with Crippen LogP contribution in [0.2, 0.25) is 0 Å². The molecule has 2 N–H and O–H groups in total. The number of aliphatic hydroxyl groups is 1. The molecule has 0 saturated carbocycles. The van der Waals surface area contributed by atoms with Gasteiger partial charge in [0.25, 0.3) is 5.56 Å². The fourth-order valence-corrected chi connectivity index (χ4v) is 5.54. The summed E-state index contributed by atoms with van der Waals surface area (Å²) >= 11 is 0. The van der Waals surface area contributed by atoms with Gasteiger partial charge in [0, 0.05) is 44.8 Å². The van der Waals surface area contributed by atoms with E-state index in [-0.39, 0.29) is 36.8 Å². The number of sulfonamides is 1. The van der Waals surface area contributed by atoms with Gasteiger partial charge in [-0.15, -0.1) is 0 Å². The van der Waals surface area contributed by atoms with Crippen LogP contribution >= 0.6 is 0 Å². The highest BCUT2D eigenvalue weighted by molar-refractivity contribution is 7.89. The highest BCUT2D eigenvalue weighted by Gasteiger charge is 2.26. The Morgan fingerprint density at radius 1 is 1.20 bits per heavy atom. The molecule has 2 aromatic heterocycles. The van der Waals surface area contributed by atoms with E-state index in [4.69, 9.17) is 9.47 Å². The van der Waals surface area contributed by atoms with Crippen LogP contribution in [0, 0.1) is 0 Å². The number of aliphatic hydroxyl groups excluding tert-OH is 1. The molecule has 192 valence electrons. The molecule has 0 atom stereocenters. The third-order valence-electron chi connectivity index (χ3n) is 5.69. The highest BCUT2D eigenvalue weighted by atomic mass is 32.2. The molecule has 0 aliphatic rings. The van der Waals surface area contributed by atoms with Crippen molar-refractivity contribution in [3.05, 3.63) is 40.3 Å². The van der Waals surface area contributed by atoms with Gasteiger partial charge < -0.3 is 19.6 Å². The van der Waals surface area contributed by atoms with Gasteiger partial charge in [0.05, 0.1) is 29.5 Å². The Kier molecular flexibility index (Phi) is 9.06. The Hall–Kier alpha value is -2.73. The summed E-state index contributed by atoms with van der Waals surface area (Å²) in [5.74, 6) is 0.459. The fraction of sp³-hybridized carbons (Fsp3) is 0.500. The first kappa shape index (κ1) is 26.9. The number of nitrogens with one attached hydrogen (secondary N) is 1. The zero-order valence-corrected chi connectivity index (χ0v) is 21.5. The van der Waals surface area contributed by atoms with Crippen molar-refractivity contribution >= 4 is 20.9 Å². The molecule has 3 aromatic rings. The number of pyridine rings is 1. The molecule has 0 amide bonds. The van der Waals surface area contributed by atoms with Crippen molar-refractivity contribution < 1.29 is 23.0 Å². The normalized spacial score (nSPS) is 12.1. The third kappa shape index (κ3) is 5.75. The summed E-state index contributed by atoms with van der Waals surface area (Å²) in [7, 11) is -0.659. The van der Waals surface area contributed by atoms with E-state index in [1.54, 1.807) is 17.8 Å². The summed E-state index contributed by atoms with van der Waals surface area (Å²) in [6.07, 6.45) is 1.89. The maximum absolute atomic E-state index is 13.5. The van der Waals surface area contributed by atoms with Crippen LogP contribution in [0.1, 0.15) is 32.4 Å². The number of ether oxygens (including phenoxy) is 2. The second kappa shape index (κ2) is 11.8. The van der Waals surface area contributed by atoms with Crippen molar-refractivity contribution in [2.24, 2.45) is 7.05 Å². The number of hydrogen-bond acceptors (Lipinski definition) is 7. The number of rotatable bonds is 13. The highest BCUT2D eigenvalue weighted by Crippen LogP contribution is 2.33. The van der Waals surface area contributed by atoms with Gasteiger partial charge in [0.15, 0.2) is 0 Å². The molecule has 0 aliphatic carbocycles. The van der Waals surface area contributed by atoms with Crippen molar-refractivity contribution in [2.75, 3.05) is 40.0 Å². The predicted octanol–water partition coefficient (Wildman–Crippen LogP) is 2.30. The molecule has 1 aromatic carbocycles. The van der Waals surface area contributed by atoms with Crippen LogP contribution in [0.15, 0.2) is 34.0 Å². The second-order valence-corrected chi connectivity index (χ2v) is 10.1. The van der Waals surface area contributed by atoms with E-state index in [0.717, 1.165) is 17.5 Å². The van der Waals surface area contributed by atoms with Crippen molar-refractivity contribution in [2.45, 2.75) is 38.0 Å². The van der Waals surface area contributed by atoms with Crippen LogP contribution in [0.3, 0.4) is 0 Å². The minimum absolute atomic E-state index is 0.0610. The van der Waals surface area contributed by atoms with E-state index in [1.165, 1.54) is 23.5 Å². The molecule has 0 spiro atoms. The molecule has 3 rings (SSSR count). The van der Waals surface area contributed by atoms with Gasteiger partial charge in [-0.25, -0.2) is 8.42 Å². The molecule has 2 heterocycles. The molecule has 0 unspecified atom stereocenters. The molecule has 0 radical (unpaired) electrons. The first-order valence-electron chi connectivity index (χ1n) is 11.7. The Bertz CT molecular complexity index is 1310. The van der Waals surface area contributed by atoms with Crippen molar-refractivity contribution in [1.29, 1.82) is 0 Å². The van der Waals surface area contributed by atoms with Crippen LogP contribution in [0.4, 0.5) is 0 Å². The third-order valence-corrected chi connectivity index (χ3v) is 7.58. The summed E-state index contributed by atoms with van der Waals surface area (Å²) < 4.78 is 40.7. The Balaban J connectivity index is 2.17. The molecule has 0 aliphatic heterocycles. The molecule has 0 bridgehead atoms. The standard InChI is InChI=1S/C24H34N4O6S/c1-5-8-20-19-16-21(25-24(30)23(19)27(3)26-20)18-15-17(9-10-22(18)34-6-2)35(31,32)28(11-7-13-29)12-14-33-4/h9-10,15-16,29H,5-8,11-14H2,1-4H3,(H,25,30). The number of fused-ring (bicyclic) bond motifs is 1. The number of nitrogens with zero attached hydrogens (tertiary/aromatic N) is 3. The van der Waals surface area contributed by atoms with Gasteiger partial charge in [-0.1, -0.05) is 13.3 Å². The quantitative estimate of drug-likeness (QED) is 0.364. The summed E-state index contributed by atoms with van der Waals surface area (Å²) in [6, 6.07) is 6.44. The first-order valence-corrected chi connectivity index (χ1v) is 13.2. The number of methoxy groups -OCH3 is 1. The van der Waals surface area contributed by atoms with Crippen molar-refractivity contribution in [1.82, 2.24) is 19.1 Å². The number of aromatic nitrogens is 3. The topological polar surface area (TPSA) is 127 Å². The zero-order chi connectivity index (χ0) is 25.6. The van der Waals surface area contributed by atoms with Crippen LogP contribution in [-0.4, -0.2) is 72.6 Å². The van der Waals surface area contributed by atoms with E-state index in [2.05, 4.69) is 10.1 Å². The van der Waals surface area contributed by atoms with Gasteiger partial charge in [-0.05, 0) is 44.0 Å². The minimum atomic E-state index is -3.89.